The van der Waals surface area contributed by atoms with Crippen LogP contribution in [0.3, 0.4) is 0 Å². The van der Waals surface area contributed by atoms with Gasteiger partial charge < -0.3 is 10.2 Å². The Labute approximate surface area is 148 Å². The zero-order chi connectivity index (χ0) is 17.8. The van der Waals surface area contributed by atoms with Crippen molar-refractivity contribution in [1.29, 1.82) is 0 Å². The predicted octanol–water partition coefficient (Wildman–Crippen LogP) is 2.27. The van der Waals surface area contributed by atoms with E-state index in [0.29, 0.717) is 6.54 Å². The van der Waals surface area contributed by atoms with Crippen LogP contribution in [0.1, 0.15) is 29.0 Å². The number of amides is 2. The molecule has 0 radical (unpaired) electrons. The minimum Gasteiger partial charge on any atom is -0.347 e. The highest BCUT2D eigenvalue weighted by atomic mass is 16.2. The number of carbonyl (C=O) groups is 2. The number of nitrogens with one attached hydrogen (secondary N) is 1. The van der Waals surface area contributed by atoms with E-state index in [-0.39, 0.29) is 30.2 Å². The molecule has 1 heterocycles. The lowest BCUT2D eigenvalue weighted by atomic mass is 10.0. The molecule has 25 heavy (non-hydrogen) atoms. The molecule has 1 aromatic heterocycles. The Morgan fingerprint density at radius 3 is 2.76 bits per heavy atom. The Morgan fingerprint density at radius 2 is 2.04 bits per heavy atom. The summed E-state index contributed by atoms with van der Waals surface area (Å²) in [4.78, 5) is 30.1. The van der Waals surface area contributed by atoms with Crippen LogP contribution in [0.2, 0.25) is 0 Å². The van der Waals surface area contributed by atoms with Gasteiger partial charge in [-0.25, -0.2) is 0 Å². The minimum absolute atomic E-state index is 0.0162. The third-order valence-corrected chi connectivity index (χ3v) is 4.70. The van der Waals surface area contributed by atoms with Gasteiger partial charge in [-0.05, 0) is 42.0 Å². The summed E-state index contributed by atoms with van der Waals surface area (Å²) in [5.41, 5.74) is 3.42. The van der Waals surface area contributed by atoms with E-state index in [0.717, 1.165) is 12.0 Å². The predicted molar refractivity (Wildman–Crippen MR) is 95.7 cm³/mol. The van der Waals surface area contributed by atoms with Crippen LogP contribution in [-0.4, -0.2) is 35.3 Å². The van der Waals surface area contributed by atoms with Crippen LogP contribution in [0.4, 0.5) is 0 Å². The van der Waals surface area contributed by atoms with Crippen molar-refractivity contribution in [2.45, 2.75) is 25.8 Å². The molecule has 1 aromatic carbocycles. The molecular weight excluding hydrogens is 314 g/mol. The molecule has 0 bridgehead atoms. The molecule has 0 spiro atoms. The SMILES string of the molecule is Cc1ccccc1C1CC1C(=O)NCC(=O)N(C)Cc1cccnc1. The summed E-state index contributed by atoms with van der Waals surface area (Å²) in [5.74, 6) is 0.128. The molecule has 5 heteroatoms. The largest absolute Gasteiger partial charge is 0.347 e. The van der Waals surface area contributed by atoms with Crippen LogP contribution in [0.5, 0.6) is 0 Å². The van der Waals surface area contributed by atoms with Crippen LogP contribution >= 0.6 is 0 Å². The van der Waals surface area contributed by atoms with Crippen molar-refractivity contribution >= 4 is 11.8 Å². The molecule has 1 aliphatic rings. The number of pyridine rings is 1. The molecule has 1 N–H and O–H groups in total. The molecule has 2 atom stereocenters. The van der Waals surface area contributed by atoms with Gasteiger partial charge in [-0.2, -0.15) is 0 Å². The van der Waals surface area contributed by atoms with E-state index in [1.165, 1.54) is 11.1 Å². The number of hydrogen-bond donors (Lipinski definition) is 1. The molecule has 0 aliphatic heterocycles. The van der Waals surface area contributed by atoms with Gasteiger partial charge in [-0.3, -0.25) is 14.6 Å². The van der Waals surface area contributed by atoms with Gasteiger partial charge in [0.15, 0.2) is 0 Å². The normalized spacial score (nSPS) is 18.5. The van der Waals surface area contributed by atoms with Crippen molar-refractivity contribution in [2.75, 3.05) is 13.6 Å². The molecule has 1 aliphatic carbocycles. The first-order valence-electron chi connectivity index (χ1n) is 8.52. The zero-order valence-corrected chi connectivity index (χ0v) is 14.6. The van der Waals surface area contributed by atoms with E-state index in [1.807, 2.05) is 24.3 Å². The van der Waals surface area contributed by atoms with E-state index in [9.17, 15) is 9.59 Å². The molecule has 1 fully saturated rings. The highest BCUT2D eigenvalue weighted by Crippen LogP contribution is 2.48. The maximum Gasteiger partial charge on any atom is 0.242 e. The summed E-state index contributed by atoms with van der Waals surface area (Å²) in [5, 5.41) is 2.78. The van der Waals surface area contributed by atoms with Crippen molar-refractivity contribution in [3.63, 3.8) is 0 Å². The molecular formula is C20H23N3O2. The second kappa shape index (κ2) is 7.47. The van der Waals surface area contributed by atoms with Crippen LogP contribution < -0.4 is 5.32 Å². The second-order valence-electron chi connectivity index (χ2n) is 6.63. The van der Waals surface area contributed by atoms with Crippen molar-refractivity contribution in [3.05, 3.63) is 65.5 Å². The van der Waals surface area contributed by atoms with Gasteiger partial charge in [0.2, 0.25) is 11.8 Å². The molecule has 2 aromatic rings. The van der Waals surface area contributed by atoms with Gasteiger partial charge in [-0.15, -0.1) is 0 Å². The zero-order valence-electron chi connectivity index (χ0n) is 14.6. The Kier molecular flexibility index (Phi) is 5.12. The summed E-state index contributed by atoms with van der Waals surface area (Å²) in [6.45, 7) is 2.59. The fourth-order valence-electron chi connectivity index (χ4n) is 3.11. The molecule has 3 rings (SSSR count). The molecule has 2 unspecified atom stereocenters. The first-order chi connectivity index (χ1) is 12.1. The number of likely N-dealkylation sites (N-methyl/N-ethyl adjacent to an activating group) is 1. The number of nitrogens with zero attached hydrogens (tertiary/aromatic N) is 2. The van der Waals surface area contributed by atoms with Crippen molar-refractivity contribution in [1.82, 2.24) is 15.2 Å². The maximum absolute atomic E-state index is 12.3. The highest BCUT2D eigenvalue weighted by Gasteiger charge is 2.44. The van der Waals surface area contributed by atoms with E-state index >= 15 is 0 Å². The van der Waals surface area contributed by atoms with Crippen molar-refractivity contribution < 1.29 is 9.59 Å². The maximum atomic E-state index is 12.3. The van der Waals surface area contributed by atoms with E-state index in [1.54, 1.807) is 24.3 Å². The number of aryl methyl sites for hydroxylation is 1. The first-order valence-corrected chi connectivity index (χ1v) is 8.52. The van der Waals surface area contributed by atoms with Crippen LogP contribution in [0.25, 0.3) is 0 Å². The highest BCUT2D eigenvalue weighted by molar-refractivity contribution is 5.88. The van der Waals surface area contributed by atoms with Crippen LogP contribution in [0, 0.1) is 12.8 Å². The van der Waals surface area contributed by atoms with Gasteiger partial charge in [-0.1, -0.05) is 30.3 Å². The summed E-state index contributed by atoms with van der Waals surface area (Å²) >= 11 is 0. The minimum atomic E-state index is -0.106. The smallest absolute Gasteiger partial charge is 0.242 e. The fourth-order valence-corrected chi connectivity index (χ4v) is 3.11. The number of hydrogen-bond acceptors (Lipinski definition) is 3. The standard InChI is InChI=1S/C20H23N3O2/c1-14-6-3-4-8-16(14)17-10-18(17)20(25)22-12-19(24)23(2)13-15-7-5-9-21-11-15/h3-9,11,17-18H,10,12-13H2,1-2H3,(H,22,25). The van der Waals surface area contributed by atoms with E-state index in [2.05, 4.69) is 29.4 Å². The molecule has 130 valence electrons. The number of carbonyl (C=O) groups excluding carboxylic acids is 2. The lowest BCUT2D eigenvalue weighted by molar-refractivity contribution is -0.132. The Hall–Kier alpha value is -2.69. The summed E-state index contributed by atoms with van der Waals surface area (Å²) in [6, 6.07) is 11.9. The molecule has 5 nitrogen and oxygen atoms in total. The lowest BCUT2D eigenvalue weighted by Crippen LogP contribution is -2.38. The third-order valence-electron chi connectivity index (χ3n) is 4.70. The van der Waals surface area contributed by atoms with Gasteiger partial charge in [0.1, 0.15) is 0 Å². The summed E-state index contributed by atoms with van der Waals surface area (Å²) in [7, 11) is 1.73. The average molecular weight is 337 g/mol. The van der Waals surface area contributed by atoms with Crippen molar-refractivity contribution in [2.24, 2.45) is 5.92 Å². The average Bonchev–Trinajstić information content (AvgIpc) is 3.41. The van der Waals surface area contributed by atoms with Crippen LogP contribution in [0.15, 0.2) is 48.8 Å². The molecule has 1 saturated carbocycles. The van der Waals surface area contributed by atoms with Crippen molar-refractivity contribution in [3.8, 4) is 0 Å². The second-order valence-corrected chi connectivity index (χ2v) is 6.63. The van der Waals surface area contributed by atoms with Gasteiger partial charge in [0.05, 0.1) is 6.54 Å². The van der Waals surface area contributed by atoms with E-state index in [4.69, 9.17) is 0 Å². The lowest BCUT2D eigenvalue weighted by Gasteiger charge is -2.17. The third kappa shape index (κ3) is 4.24. The topological polar surface area (TPSA) is 62.3 Å². The fraction of sp³-hybridized carbons (Fsp3) is 0.350. The summed E-state index contributed by atoms with van der Waals surface area (Å²) in [6.07, 6.45) is 4.29. The molecule has 0 saturated heterocycles. The number of rotatable bonds is 6. The first kappa shape index (κ1) is 17.1. The number of benzene rings is 1. The Bertz CT molecular complexity index is 761. The number of aromatic nitrogens is 1. The monoisotopic (exact) mass is 337 g/mol. The Morgan fingerprint density at radius 1 is 1.24 bits per heavy atom. The quantitative estimate of drug-likeness (QED) is 0.879. The van der Waals surface area contributed by atoms with Gasteiger partial charge in [0, 0.05) is 31.9 Å². The van der Waals surface area contributed by atoms with E-state index < -0.39 is 0 Å². The van der Waals surface area contributed by atoms with Gasteiger partial charge in [0.25, 0.3) is 0 Å². The Balaban J connectivity index is 1.46. The van der Waals surface area contributed by atoms with Crippen LogP contribution in [-0.2, 0) is 16.1 Å². The van der Waals surface area contributed by atoms with Gasteiger partial charge >= 0.3 is 0 Å². The molecule has 2 amide bonds. The summed E-state index contributed by atoms with van der Waals surface area (Å²) < 4.78 is 0.